The number of H-pyrrole nitrogens is 1. The number of halogens is 2. The van der Waals surface area contributed by atoms with Crippen LogP contribution in [-0.4, -0.2) is 78.2 Å². The fourth-order valence-corrected chi connectivity index (χ4v) is 5.38. The molecule has 1 atom stereocenters. The van der Waals surface area contributed by atoms with Gasteiger partial charge in [0.25, 0.3) is 5.91 Å². The zero-order valence-corrected chi connectivity index (χ0v) is 25.3. The Bertz CT molecular complexity index is 1820. The molecular weight excluding hydrogens is 617 g/mol. The molecule has 0 unspecified atom stereocenters. The SMILES string of the molecule is O=C(/C=C/c1cc(Cl)ccc1-n1cnnn1)N[C@@H](Cc1ccccc1)c1nc(-c2cncc(C(=O)N3CCOCC3)c2)c(Cl)[nH]1. The lowest BCUT2D eigenvalue weighted by Gasteiger charge is -2.26. The highest BCUT2D eigenvalue weighted by Gasteiger charge is 2.23. The Hall–Kier alpha value is -4.91. The van der Waals surface area contributed by atoms with Crippen molar-refractivity contribution in [1.29, 1.82) is 0 Å². The van der Waals surface area contributed by atoms with Gasteiger partial charge in [-0.1, -0.05) is 53.5 Å². The molecule has 0 radical (unpaired) electrons. The Balaban J connectivity index is 1.26. The monoisotopic (exact) mass is 643 g/mol. The van der Waals surface area contributed by atoms with Crippen molar-refractivity contribution in [3.8, 4) is 16.9 Å². The summed E-state index contributed by atoms with van der Waals surface area (Å²) in [4.78, 5) is 40.3. The summed E-state index contributed by atoms with van der Waals surface area (Å²) in [6, 6.07) is 16.1. The topological polar surface area (TPSA) is 144 Å². The van der Waals surface area contributed by atoms with Crippen molar-refractivity contribution in [3.05, 3.63) is 112 Å². The first-order chi connectivity index (χ1) is 21.9. The molecule has 1 fully saturated rings. The zero-order chi connectivity index (χ0) is 31.2. The van der Waals surface area contributed by atoms with E-state index in [9.17, 15) is 9.59 Å². The number of imidazole rings is 1. The largest absolute Gasteiger partial charge is 0.378 e. The normalized spacial score (nSPS) is 14.0. The van der Waals surface area contributed by atoms with Crippen LogP contribution in [-0.2, 0) is 16.0 Å². The van der Waals surface area contributed by atoms with Gasteiger partial charge in [0.05, 0.1) is 30.5 Å². The van der Waals surface area contributed by atoms with E-state index in [1.54, 1.807) is 41.4 Å². The fourth-order valence-electron chi connectivity index (χ4n) is 4.95. The smallest absolute Gasteiger partial charge is 0.255 e. The van der Waals surface area contributed by atoms with Gasteiger partial charge in [0, 0.05) is 47.7 Å². The van der Waals surface area contributed by atoms with Gasteiger partial charge >= 0.3 is 0 Å². The van der Waals surface area contributed by atoms with Crippen molar-refractivity contribution in [2.24, 2.45) is 0 Å². The summed E-state index contributed by atoms with van der Waals surface area (Å²) in [5.74, 6) is -0.0569. The van der Waals surface area contributed by atoms with Crippen molar-refractivity contribution < 1.29 is 14.3 Å². The number of benzene rings is 2. The number of pyridine rings is 1. The highest BCUT2D eigenvalue weighted by atomic mass is 35.5. The second kappa shape index (κ2) is 13.8. The van der Waals surface area contributed by atoms with Gasteiger partial charge in [-0.15, -0.1) is 5.10 Å². The van der Waals surface area contributed by atoms with Crippen LogP contribution in [0.1, 0.15) is 33.4 Å². The van der Waals surface area contributed by atoms with E-state index in [2.05, 4.69) is 30.8 Å². The quantitative estimate of drug-likeness (QED) is 0.226. The summed E-state index contributed by atoms with van der Waals surface area (Å²) in [5.41, 5.74) is 3.70. The van der Waals surface area contributed by atoms with E-state index in [0.29, 0.717) is 71.6 Å². The average molecular weight is 645 g/mol. The van der Waals surface area contributed by atoms with Crippen molar-refractivity contribution in [2.45, 2.75) is 12.5 Å². The molecule has 0 saturated carbocycles. The first-order valence-corrected chi connectivity index (χ1v) is 14.8. The maximum atomic E-state index is 13.3. The second-order valence-corrected chi connectivity index (χ2v) is 11.0. The number of hydrogen-bond donors (Lipinski definition) is 2. The van der Waals surface area contributed by atoms with E-state index in [0.717, 1.165) is 5.56 Å². The van der Waals surface area contributed by atoms with Crippen LogP contribution in [0.3, 0.4) is 0 Å². The standard InChI is InChI=1S/C31H27Cl2N9O3/c32-24-7-8-26(42-19-35-39-40-42)21(16-24)6-9-27(43)36-25(14-20-4-2-1-3-5-20)30-37-28(29(33)38-30)22-15-23(18-34-17-22)31(44)41-10-12-45-13-11-41/h1-9,15-19,25H,10-14H2,(H,36,43)(H,37,38)/b9-6+/t25-/m0/s1. The number of tetrazole rings is 1. The van der Waals surface area contributed by atoms with Gasteiger partial charge in [0.15, 0.2) is 0 Å². The molecule has 5 aromatic rings. The number of morpholine rings is 1. The summed E-state index contributed by atoms with van der Waals surface area (Å²) in [7, 11) is 0. The molecule has 4 heterocycles. The molecule has 1 saturated heterocycles. The molecule has 2 aromatic carbocycles. The fraction of sp³-hybridized carbons (Fsp3) is 0.194. The third kappa shape index (κ3) is 7.26. The zero-order valence-electron chi connectivity index (χ0n) is 23.8. The highest BCUT2D eigenvalue weighted by molar-refractivity contribution is 6.32. The summed E-state index contributed by atoms with van der Waals surface area (Å²) in [5, 5.41) is 15.1. The van der Waals surface area contributed by atoms with Gasteiger partial charge in [-0.05, 0) is 52.8 Å². The molecular formula is C31H27Cl2N9O3. The lowest BCUT2D eigenvalue weighted by molar-refractivity contribution is -0.117. The number of nitrogens with one attached hydrogen (secondary N) is 2. The molecule has 2 amide bonds. The number of amides is 2. The van der Waals surface area contributed by atoms with E-state index in [-0.39, 0.29) is 17.0 Å². The summed E-state index contributed by atoms with van der Waals surface area (Å²) in [6.45, 7) is 2.03. The van der Waals surface area contributed by atoms with E-state index in [1.165, 1.54) is 23.3 Å². The first-order valence-electron chi connectivity index (χ1n) is 14.1. The first kappa shape index (κ1) is 30.1. The van der Waals surface area contributed by atoms with Gasteiger partial charge in [-0.3, -0.25) is 14.6 Å². The Morgan fingerprint density at radius 3 is 2.67 bits per heavy atom. The number of rotatable bonds is 9. The summed E-state index contributed by atoms with van der Waals surface area (Å²) in [6.07, 6.45) is 8.07. The number of carbonyl (C=O) groups is 2. The van der Waals surface area contributed by atoms with Crippen LogP contribution in [0.25, 0.3) is 23.0 Å². The van der Waals surface area contributed by atoms with Crippen LogP contribution >= 0.6 is 23.2 Å². The van der Waals surface area contributed by atoms with Crippen LogP contribution in [0.2, 0.25) is 10.2 Å². The minimum atomic E-state index is -0.569. The molecule has 0 bridgehead atoms. The third-order valence-electron chi connectivity index (χ3n) is 7.16. The van der Waals surface area contributed by atoms with Crippen molar-refractivity contribution in [1.82, 2.24) is 45.4 Å². The number of aromatic amines is 1. The Labute approximate surface area is 268 Å². The molecule has 3 aromatic heterocycles. The summed E-state index contributed by atoms with van der Waals surface area (Å²) < 4.78 is 6.85. The Morgan fingerprint density at radius 1 is 1.07 bits per heavy atom. The lowest BCUT2D eigenvalue weighted by atomic mass is 10.1. The van der Waals surface area contributed by atoms with E-state index in [1.807, 2.05) is 30.3 Å². The van der Waals surface area contributed by atoms with Gasteiger partial charge in [-0.25, -0.2) is 4.98 Å². The maximum absolute atomic E-state index is 13.3. The molecule has 1 aliphatic rings. The van der Waals surface area contributed by atoms with Crippen LogP contribution < -0.4 is 5.32 Å². The third-order valence-corrected chi connectivity index (χ3v) is 7.67. The second-order valence-electron chi connectivity index (χ2n) is 10.2. The molecule has 45 heavy (non-hydrogen) atoms. The number of hydrogen-bond acceptors (Lipinski definition) is 8. The molecule has 6 rings (SSSR count). The molecule has 2 N–H and O–H groups in total. The molecule has 14 heteroatoms. The molecule has 0 spiro atoms. The number of ether oxygens (including phenoxy) is 1. The Kier molecular flexibility index (Phi) is 9.24. The predicted octanol–water partition coefficient (Wildman–Crippen LogP) is 4.34. The molecule has 12 nitrogen and oxygen atoms in total. The van der Waals surface area contributed by atoms with Crippen molar-refractivity contribution >= 4 is 41.1 Å². The van der Waals surface area contributed by atoms with Crippen molar-refractivity contribution in [2.75, 3.05) is 26.3 Å². The number of nitrogens with zero attached hydrogens (tertiary/aromatic N) is 7. The van der Waals surface area contributed by atoms with E-state index >= 15 is 0 Å². The minimum Gasteiger partial charge on any atom is -0.378 e. The van der Waals surface area contributed by atoms with Gasteiger partial charge in [-0.2, -0.15) is 4.68 Å². The number of aromatic nitrogens is 7. The van der Waals surface area contributed by atoms with Crippen LogP contribution in [0, 0.1) is 0 Å². The van der Waals surface area contributed by atoms with Crippen LogP contribution in [0.15, 0.2) is 79.4 Å². The minimum absolute atomic E-state index is 0.136. The highest BCUT2D eigenvalue weighted by Crippen LogP contribution is 2.29. The predicted molar refractivity (Wildman–Crippen MR) is 168 cm³/mol. The Morgan fingerprint density at radius 2 is 1.89 bits per heavy atom. The molecule has 0 aliphatic carbocycles. The van der Waals surface area contributed by atoms with Crippen molar-refractivity contribution in [3.63, 3.8) is 0 Å². The van der Waals surface area contributed by atoms with Crippen LogP contribution in [0.5, 0.6) is 0 Å². The van der Waals surface area contributed by atoms with Gasteiger partial charge < -0.3 is 19.9 Å². The molecule has 228 valence electrons. The lowest BCUT2D eigenvalue weighted by Crippen LogP contribution is -2.40. The van der Waals surface area contributed by atoms with Gasteiger partial charge in [0.2, 0.25) is 5.91 Å². The van der Waals surface area contributed by atoms with Crippen LogP contribution in [0.4, 0.5) is 0 Å². The number of carbonyl (C=O) groups excluding carboxylic acids is 2. The summed E-state index contributed by atoms with van der Waals surface area (Å²) >= 11 is 12.9. The molecule has 1 aliphatic heterocycles. The van der Waals surface area contributed by atoms with E-state index < -0.39 is 6.04 Å². The average Bonchev–Trinajstić information content (AvgIpc) is 3.74. The maximum Gasteiger partial charge on any atom is 0.255 e. The van der Waals surface area contributed by atoms with Gasteiger partial charge in [0.1, 0.15) is 23.0 Å². The van der Waals surface area contributed by atoms with E-state index in [4.69, 9.17) is 32.9 Å².